The van der Waals surface area contributed by atoms with Gasteiger partial charge in [-0.15, -0.1) is 0 Å². The van der Waals surface area contributed by atoms with Gasteiger partial charge in [0.2, 0.25) is 0 Å². The Kier molecular flexibility index (Phi) is 18.0. The van der Waals surface area contributed by atoms with Crippen LogP contribution in [-0.4, -0.2) is 20.9 Å². The average Bonchev–Trinajstić information content (AvgIpc) is 2.43. The van der Waals surface area contributed by atoms with Crippen molar-refractivity contribution < 1.29 is 9.31 Å². The molecule has 0 saturated heterocycles. The van der Waals surface area contributed by atoms with E-state index in [1.807, 2.05) is 0 Å². The van der Waals surface area contributed by atoms with Crippen molar-refractivity contribution in [1.29, 1.82) is 0 Å². The summed E-state index contributed by atoms with van der Waals surface area (Å²) < 4.78 is 10.7. The molecule has 0 aliphatic carbocycles. The summed E-state index contributed by atoms with van der Waals surface area (Å²) >= 11 is 0. The minimum atomic E-state index is 0.808. The second-order valence-corrected chi connectivity index (χ2v) is 5.37. The highest BCUT2D eigenvalue weighted by atomic mass is 16.6. The second-order valence-electron chi connectivity index (χ2n) is 5.37. The van der Waals surface area contributed by atoms with Gasteiger partial charge in [-0.2, -0.15) is 0 Å². The van der Waals surface area contributed by atoms with Crippen LogP contribution in [0.25, 0.3) is 0 Å². The summed E-state index contributed by atoms with van der Waals surface area (Å²) in [5.41, 5.74) is 0. The van der Waals surface area contributed by atoms with Gasteiger partial charge < -0.3 is 9.31 Å². The van der Waals surface area contributed by atoms with Gasteiger partial charge in [-0.05, 0) is 12.8 Å². The van der Waals surface area contributed by atoms with Gasteiger partial charge in [0.05, 0.1) is 0 Å². The van der Waals surface area contributed by atoms with E-state index in [0.717, 1.165) is 26.1 Å². The smallest absolute Gasteiger partial charge is 0.413 e. The third-order valence-electron chi connectivity index (χ3n) is 3.37. The lowest BCUT2D eigenvalue weighted by Gasteiger charge is -2.04. The van der Waals surface area contributed by atoms with E-state index < -0.39 is 0 Å². The van der Waals surface area contributed by atoms with Crippen LogP contribution < -0.4 is 0 Å². The average molecular weight is 269 g/mol. The maximum atomic E-state index is 5.34. The van der Waals surface area contributed by atoms with Crippen LogP contribution in [0.2, 0.25) is 0 Å². The molecule has 0 aromatic carbocycles. The third kappa shape index (κ3) is 18.0. The van der Waals surface area contributed by atoms with E-state index in [-0.39, 0.29) is 0 Å². The molecule has 3 heteroatoms. The van der Waals surface area contributed by atoms with E-state index in [2.05, 4.69) is 13.8 Å². The van der Waals surface area contributed by atoms with Crippen molar-refractivity contribution in [3.8, 4) is 0 Å². The Morgan fingerprint density at radius 3 is 1.32 bits per heavy atom. The van der Waals surface area contributed by atoms with E-state index >= 15 is 0 Å². The standard InChI is InChI=1S/C16H34BO2/c1-3-5-7-9-11-13-15-18-17-19-16-14-12-10-8-6-4-2/h3-16H2,1-2H3. The molecule has 2 nitrogen and oxygen atoms in total. The maximum Gasteiger partial charge on any atom is 0.487 e. The monoisotopic (exact) mass is 269 g/mol. The van der Waals surface area contributed by atoms with Crippen LogP contribution >= 0.6 is 0 Å². The summed E-state index contributed by atoms with van der Waals surface area (Å²) in [6.45, 7) is 6.11. The molecule has 0 spiro atoms. The van der Waals surface area contributed by atoms with Crippen molar-refractivity contribution in [1.82, 2.24) is 0 Å². The Morgan fingerprint density at radius 1 is 0.526 bits per heavy atom. The van der Waals surface area contributed by atoms with Crippen molar-refractivity contribution in [3.05, 3.63) is 0 Å². The minimum absolute atomic E-state index is 0.808. The molecule has 0 rings (SSSR count). The fourth-order valence-electron chi connectivity index (χ4n) is 2.08. The molecule has 0 aliphatic rings. The van der Waals surface area contributed by atoms with Crippen LogP contribution in [0.3, 0.4) is 0 Å². The lowest BCUT2D eigenvalue weighted by Crippen LogP contribution is -2.07. The summed E-state index contributed by atoms with van der Waals surface area (Å²) in [5, 5.41) is 0. The van der Waals surface area contributed by atoms with Crippen LogP contribution in [0.4, 0.5) is 0 Å². The Bertz CT molecular complexity index is 138. The van der Waals surface area contributed by atoms with E-state index in [9.17, 15) is 0 Å². The molecule has 0 atom stereocenters. The van der Waals surface area contributed by atoms with E-state index in [1.54, 1.807) is 0 Å². The Morgan fingerprint density at radius 2 is 0.895 bits per heavy atom. The number of rotatable bonds is 16. The summed E-state index contributed by atoms with van der Waals surface area (Å²) in [7, 11) is 1.54. The van der Waals surface area contributed by atoms with Crippen molar-refractivity contribution in [3.63, 3.8) is 0 Å². The van der Waals surface area contributed by atoms with Crippen molar-refractivity contribution >= 4 is 7.69 Å². The molecule has 0 heterocycles. The molecule has 0 aromatic heterocycles. The van der Waals surface area contributed by atoms with Crippen molar-refractivity contribution in [2.24, 2.45) is 0 Å². The Hall–Kier alpha value is -0.0151. The minimum Gasteiger partial charge on any atom is -0.413 e. The molecular formula is C16H34BO2. The fraction of sp³-hybridized carbons (Fsp3) is 1.00. The molecule has 0 aliphatic heterocycles. The quantitative estimate of drug-likeness (QED) is 0.280. The maximum absolute atomic E-state index is 5.34. The molecule has 0 saturated carbocycles. The van der Waals surface area contributed by atoms with Gasteiger partial charge in [-0.3, -0.25) is 0 Å². The lowest BCUT2D eigenvalue weighted by atomic mass is 10.1. The third-order valence-corrected chi connectivity index (χ3v) is 3.37. The highest BCUT2D eigenvalue weighted by molar-refractivity contribution is 6.17. The Labute approximate surface area is 121 Å². The van der Waals surface area contributed by atoms with Gasteiger partial charge >= 0.3 is 7.69 Å². The molecular weight excluding hydrogens is 235 g/mol. The Balaban J connectivity index is 2.88. The zero-order valence-corrected chi connectivity index (χ0v) is 13.3. The first-order chi connectivity index (χ1) is 9.41. The van der Waals surface area contributed by atoms with Gasteiger partial charge in [-0.25, -0.2) is 0 Å². The van der Waals surface area contributed by atoms with E-state index in [0.29, 0.717) is 0 Å². The predicted octanol–water partition coefficient (Wildman–Crippen LogP) is 5.27. The largest absolute Gasteiger partial charge is 0.487 e. The summed E-state index contributed by atoms with van der Waals surface area (Å²) in [4.78, 5) is 0. The van der Waals surface area contributed by atoms with Crippen LogP contribution in [0.15, 0.2) is 0 Å². The fourth-order valence-corrected chi connectivity index (χ4v) is 2.08. The van der Waals surface area contributed by atoms with Gasteiger partial charge in [0.1, 0.15) is 0 Å². The molecule has 0 amide bonds. The topological polar surface area (TPSA) is 18.5 Å². The van der Waals surface area contributed by atoms with Crippen LogP contribution in [0.5, 0.6) is 0 Å². The SMILES string of the molecule is CCCCCCCCO[B]OCCCCCCCC. The second kappa shape index (κ2) is 18.0. The first-order valence-corrected chi connectivity index (χ1v) is 8.46. The normalized spacial score (nSPS) is 10.8. The van der Waals surface area contributed by atoms with Crippen LogP contribution in [-0.2, 0) is 9.31 Å². The first kappa shape index (κ1) is 19.0. The molecule has 0 N–H and O–H groups in total. The molecule has 19 heavy (non-hydrogen) atoms. The van der Waals surface area contributed by atoms with E-state index in [1.165, 1.54) is 71.9 Å². The zero-order chi connectivity index (χ0) is 14.0. The summed E-state index contributed by atoms with van der Waals surface area (Å²) in [5.74, 6) is 0. The summed E-state index contributed by atoms with van der Waals surface area (Å²) in [6, 6.07) is 0. The molecule has 1 radical (unpaired) electrons. The zero-order valence-electron chi connectivity index (χ0n) is 13.3. The van der Waals surface area contributed by atoms with Gasteiger partial charge in [-0.1, -0.05) is 78.1 Å². The van der Waals surface area contributed by atoms with Crippen molar-refractivity contribution in [2.75, 3.05) is 13.2 Å². The van der Waals surface area contributed by atoms with Crippen LogP contribution in [0.1, 0.15) is 90.9 Å². The van der Waals surface area contributed by atoms with Gasteiger partial charge in [0.25, 0.3) is 0 Å². The number of hydrogen-bond donors (Lipinski definition) is 0. The first-order valence-electron chi connectivity index (χ1n) is 8.46. The molecule has 0 aromatic rings. The molecule has 0 unspecified atom stereocenters. The molecule has 0 bridgehead atoms. The van der Waals surface area contributed by atoms with Crippen LogP contribution in [0, 0.1) is 0 Å². The van der Waals surface area contributed by atoms with E-state index in [4.69, 9.17) is 9.31 Å². The lowest BCUT2D eigenvalue weighted by molar-refractivity contribution is 0.213. The highest BCUT2D eigenvalue weighted by Crippen LogP contribution is 2.05. The number of hydrogen-bond acceptors (Lipinski definition) is 2. The summed E-state index contributed by atoms with van der Waals surface area (Å²) in [6.07, 6.45) is 15.7. The predicted molar refractivity (Wildman–Crippen MR) is 84.4 cm³/mol. The van der Waals surface area contributed by atoms with Crippen molar-refractivity contribution in [2.45, 2.75) is 90.9 Å². The van der Waals surface area contributed by atoms with Gasteiger partial charge in [0.15, 0.2) is 0 Å². The molecule has 113 valence electrons. The number of unbranched alkanes of at least 4 members (excludes halogenated alkanes) is 10. The highest BCUT2D eigenvalue weighted by Gasteiger charge is 1.96. The van der Waals surface area contributed by atoms with Gasteiger partial charge in [0, 0.05) is 13.2 Å². The molecule has 0 fully saturated rings.